The summed E-state index contributed by atoms with van der Waals surface area (Å²) in [6, 6.07) is 48.1. The topological polar surface area (TPSA) is 46.3 Å². The Labute approximate surface area is 282 Å². The third-order valence-corrected chi connectivity index (χ3v) is 7.99. The number of fused-ring (bicyclic) bond motifs is 4. The number of aromatic nitrogens is 2. The molecule has 230 valence electrons. The minimum Gasteiger partial charge on any atom is -0.509 e. The second-order valence-corrected chi connectivity index (χ2v) is 12.1. The molecule has 8 rings (SSSR count). The zero-order valence-corrected chi connectivity index (χ0v) is 27.9. The van der Waals surface area contributed by atoms with E-state index in [2.05, 4.69) is 110 Å². The third-order valence-electron chi connectivity index (χ3n) is 7.99. The van der Waals surface area contributed by atoms with Crippen molar-refractivity contribution in [2.75, 3.05) is 10.1 Å². The van der Waals surface area contributed by atoms with E-state index in [0.717, 1.165) is 55.8 Å². The van der Waals surface area contributed by atoms with Gasteiger partial charge in [0.15, 0.2) is 0 Å². The van der Waals surface area contributed by atoms with Crippen LogP contribution in [0.15, 0.2) is 128 Å². The maximum atomic E-state index is 6.42. The number of hydrogen-bond acceptors (Lipinski definition) is 4. The first kappa shape index (κ1) is 29.8. The van der Waals surface area contributed by atoms with E-state index in [4.69, 9.17) is 14.7 Å². The molecule has 0 saturated carbocycles. The van der Waals surface area contributed by atoms with Crippen LogP contribution in [0.25, 0.3) is 38.8 Å². The molecule has 46 heavy (non-hydrogen) atoms. The summed E-state index contributed by atoms with van der Waals surface area (Å²) in [5.74, 6) is 1.99. The molecule has 0 fully saturated rings. The van der Waals surface area contributed by atoms with E-state index in [9.17, 15) is 0 Å². The zero-order valence-electron chi connectivity index (χ0n) is 25.6. The number of benzene rings is 5. The van der Waals surface area contributed by atoms with Crippen LogP contribution in [0, 0.1) is 12.1 Å². The summed E-state index contributed by atoms with van der Waals surface area (Å²) in [4.78, 5) is 9.74. The molecule has 1 aliphatic rings. The van der Waals surface area contributed by atoms with E-state index in [0.29, 0.717) is 11.5 Å². The van der Waals surface area contributed by atoms with Gasteiger partial charge in [-0.05, 0) is 67.6 Å². The molecule has 0 spiro atoms. The number of ether oxygens (including phenoxy) is 1. The van der Waals surface area contributed by atoms with Gasteiger partial charge in [0.1, 0.15) is 22.7 Å². The fourth-order valence-corrected chi connectivity index (χ4v) is 5.94. The first-order chi connectivity index (χ1) is 21.9. The minimum absolute atomic E-state index is 0. The maximum Gasteiger partial charge on any atom is 0.145 e. The van der Waals surface area contributed by atoms with Crippen molar-refractivity contribution in [1.82, 2.24) is 9.55 Å². The van der Waals surface area contributed by atoms with E-state index < -0.39 is 0 Å². The average molecular weight is 783 g/mol. The molecule has 3 heterocycles. The van der Waals surface area contributed by atoms with Crippen LogP contribution in [0.3, 0.4) is 0 Å². The first-order valence-corrected chi connectivity index (χ1v) is 15.0. The largest absolute Gasteiger partial charge is 0.509 e. The number of nitrogens with zero attached hydrogens (tertiary/aromatic N) is 4. The van der Waals surface area contributed by atoms with Crippen molar-refractivity contribution < 1.29 is 30.7 Å². The van der Waals surface area contributed by atoms with E-state index in [1.165, 1.54) is 0 Å². The molecule has 0 unspecified atom stereocenters. The van der Waals surface area contributed by atoms with Crippen LogP contribution in [-0.4, -0.2) is 20.0 Å². The Balaban J connectivity index is 0.00000338. The average Bonchev–Trinajstić information content (AvgIpc) is 3.62. The third kappa shape index (κ3) is 5.24. The molecule has 0 atom stereocenters. The molecule has 0 radical (unpaired) electrons. The minimum atomic E-state index is -0.183. The Hall–Kier alpha value is -4.90. The van der Waals surface area contributed by atoms with E-state index >= 15 is 0 Å². The number of pyridine rings is 1. The van der Waals surface area contributed by atoms with Crippen LogP contribution in [0.5, 0.6) is 11.5 Å². The van der Waals surface area contributed by atoms with Crippen molar-refractivity contribution >= 4 is 38.9 Å². The van der Waals surface area contributed by atoms with E-state index in [-0.39, 0.29) is 26.6 Å². The van der Waals surface area contributed by atoms with E-state index in [1.807, 2.05) is 64.9 Å². The van der Waals surface area contributed by atoms with Crippen LogP contribution in [0.2, 0.25) is 0 Å². The van der Waals surface area contributed by atoms with Gasteiger partial charge in [-0.3, -0.25) is 0 Å². The number of hydrogen-bond donors (Lipinski definition) is 0. The SMILES string of the molecule is CC(C)(C)N1[OH+]N(c2[c-]c(Oc3[c-]c4c(cc3)c3ccccc3n4-c3cc(-c4ccccc4)ccn3)ccc2)c2ccccc21.[Pt]. The number of anilines is 3. The van der Waals surface area contributed by atoms with Crippen molar-refractivity contribution in [2.24, 2.45) is 0 Å². The van der Waals surface area contributed by atoms with Gasteiger partial charge in [-0.2, -0.15) is 17.1 Å². The van der Waals surface area contributed by atoms with Crippen molar-refractivity contribution in [3.63, 3.8) is 0 Å². The van der Waals surface area contributed by atoms with Gasteiger partial charge in [-0.1, -0.05) is 66.2 Å². The number of rotatable bonds is 5. The summed E-state index contributed by atoms with van der Waals surface area (Å²) in [6.45, 7) is 6.45. The molecule has 6 nitrogen and oxygen atoms in total. The van der Waals surface area contributed by atoms with Crippen LogP contribution < -0.4 is 14.9 Å². The maximum absolute atomic E-state index is 6.42. The second kappa shape index (κ2) is 11.8. The number of hydroxylamine groups is 1. The zero-order chi connectivity index (χ0) is 30.5. The van der Waals surface area contributed by atoms with Gasteiger partial charge in [0.25, 0.3) is 0 Å². The fraction of sp³-hybridized carbons (Fsp3) is 0.103. The Morgan fingerprint density at radius 3 is 2.24 bits per heavy atom. The van der Waals surface area contributed by atoms with Crippen molar-refractivity contribution in [3.05, 3.63) is 140 Å². The Morgan fingerprint density at radius 1 is 0.674 bits per heavy atom. The van der Waals surface area contributed by atoms with Gasteiger partial charge < -0.3 is 9.30 Å². The van der Waals surface area contributed by atoms with Gasteiger partial charge >= 0.3 is 0 Å². The van der Waals surface area contributed by atoms with Crippen molar-refractivity contribution in [2.45, 2.75) is 26.3 Å². The molecule has 0 aliphatic carbocycles. The molecule has 1 aliphatic heterocycles. The van der Waals surface area contributed by atoms with Crippen LogP contribution in [0.1, 0.15) is 20.8 Å². The fourth-order valence-electron chi connectivity index (χ4n) is 5.94. The summed E-state index contributed by atoms with van der Waals surface area (Å²) < 4.78 is 8.58. The molecule has 2 aromatic heterocycles. The Bertz CT molecular complexity index is 2190. The van der Waals surface area contributed by atoms with Crippen LogP contribution in [0.4, 0.5) is 17.1 Å². The van der Waals surface area contributed by atoms with Crippen molar-refractivity contribution in [3.8, 4) is 28.4 Å². The van der Waals surface area contributed by atoms with Crippen molar-refractivity contribution in [1.29, 1.82) is 0 Å². The molecule has 5 aromatic carbocycles. The molecule has 7 heteroatoms. The molecular formula is C39H31N4O2Pt-. The number of para-hydroxylation sites is 3. The van der Waals surface area contributed by atoms with Crippen LogP contribution in [-0.2, 0) is 21.1 Å². The quantitative estimate of drug-likeness (QED) is 0.129. The smallest absolute Gasteiger partial charge is 0.145 e. The van der Waals surface area contributed by atoms with Gasteiger partial charge in [-0.25, -0.2) is 4.98 Å². The monoisotopic (exact) mass is 782 g/mol. The van der Waals surface area contributed by atoms with Gasteiger partial charge in [0, 0.05) is 50.0 Å². The molecular weight excluding hydrogens is 752 g/mol. The Kier molecular flexibility index (Phi) is 7.64. The Morgan fingerprint density at radius 2 is 1.41 bits per heavy atom. The summed E-state index contributed by atoms with van der Waals surface area (Å²) in [5, 5.41) is 6.18. The molecule has 1 N–H and O–H groups in total. The molecule has 0 amide bonds. The predicted octanol–water partition coefficient (Wildman–Crippen LogP) is 9.83. The van der Waals surface area contributed by atoms with Gasteiger partial charge in [0.05, 0.1) is 0 Å². The summed E-state index contributed by atoms with van der Waals surface area (Å²) >= 11 is 0. The summed E-state index contributed by atoms with van der Waals surface area (Å²) in [7, 11) is 0. The normalized spacial score (nSPS) is 12.8. The van der Waals surface area contributed by atoms with E-state index in [1.54, 1.807) is 0 Å². The van der Waals surface area contributed by atoms with Gasteiger partial charge in [-0.15, -0.1) is 45.8 Å². The molecule has 0 bridgehead atoms. The predicted molar refractivity (Wildman–Crippen MR) is 181 cm³/mol. The summed E-state index contributed by atoms with van der Waals surface area (Å²) in [5.41, 5.74) is 6.87. The van der Waals surface area contributed by atoms with Gasteiger partial charge in [0.2, 0.25) is 0 Å². The first-order valence-electron chi connectivity index (χ1n) is 15.0. The van der Waals surface area contributed by atoms with Crippen LogP contribution >= 0.6 is 0 Å². The second-order valence-electron chi connectivity index (χ2n) is 12.1. The summed E-state index contributed by atoms with van der Waals surface area (Å²) in [6.07, 6.45) is 1.86. The molecule has 0 saturated heterocycles. The molecule has 7 aromatic rings. The standard InChI is InChI=1S/C39H30N4O2.Pt/c1-39(2,3)43-36-19-10-9-18-35(36)42(45-43)29-14-11-15-30(25-29)44-31-20-21-33-32-16-7-8-17-34(32)41(37(33)26-31)38-24-28(22-23-40-38)27-12-5-4-6-13-27;/h4-24H,1-3H3;/q-2;/p+1.